The third kappa shape index (κ3) is 3.50. The van der Waals surface area contributed by atoms with Crippen molar-refractivity contribution in [1.82, 2.24) is 15.1 Å². The number of amides is 1. The van der Waals surface area contributed by atoms with Gasteiger partial charge in [-0.25, -0.2) is 4.39 Å². The smallest absolute Gasteiger partial charge is 0.273 e. The van der Waals surface area contributed by atoms with E-state index in [-0.39, 0.29) is 11.7 Å². The van der Waals surface area contributed by atoms with Gasteiger partial charge in [0.15, 0.2) is 0 Å². The van der Waals surface area contributed by atoms with Gasteiger partial charge in [-0.2, -0.15) is 5.10 Å². The van der Waals surface area contributed by atoms with Gasteiger partial charge in [0.2, 0.25) is 0 Å². The van der Waals surface area contributed by atoms with Gasteiger partial charge in [0, 0.05) is 27.7 Å². The highest BCUT2D eigenvalue weighted by molar-refractivity contribution is 6.31. The number of hydrogen-bond acceptors (Lipinski definition) is 2. The quantitative estimate of drug-likeness (QED) is 0.397. The van der Waals surface area contributed by atoms with Gasteiger partial charge in [-0.1, -0.05) is 65.7 Å². The number of fused-ring (bicyclic) bond motifs is 1. The fourth-order valence-corrected chi connectivity index (χ4v) is 4.36. The molecule has 4 nitrogen and oxygen atoms in total. The van der Waals surface area contributed by atoms with Gasteiger partial charge in [-0.15, -0.1) is 0 Å². The Balaban J connectivity index is 1.65. The molecule has 0 aliphatic carbocycles. The first-order chi connectivity index (χ1) is 15.0. The molecule has 154 valence electrons. The molecule has 1 aliphatic heterocycles. The topological polar surface area (TPSA) is 49.0 Å². The van der Waals surface area contributed by atoms with E-state index in [2.05, 4.69) is 10.2 Å². The largest absolute Gasteiger partial charge is 0.322 e. The predicted molar refractivity (Wildman–Crippen MR) is 119 cm³/mol. The average Bonchev–Trinajstić information content (AvgIpc) is 3.31. The molecule has 2 heterocycles. The molecular formula is C24H16Cl2FN3O. The Morgan fingerprint density at radius 1 is 0.968 bits per heavy atom. The molecule has 1 unspecified atom stereocenters. The van der Waals surface area contributed by atoms with Crippen molar-refractivity contribution in [3.63, 3.8) is 0 Å². The second-order valence-corrected chi connectivity index (χ2v) is 8.19. The van der Waals surface area contributed by atoms with Gasteiger partial charge >= 0.3 is 0 Å². The third-order valence-corrected chi connectivity index (χ3v) is 6.04. The molecular weight excluding hydrogens is 436 g/mol. The number of aromatic amines is 1. The molecule has 0 saturated heterocycles. The molecule has 4 aromatic rings. The van der Waals surface area contributed by atoms with E-state index in [1.165, 1.54) is 12.1 Å². The van der Waals surface area contributed by atoms with Crippen LogP contribution in [0.25, 0.3) is 11.3 Å². The number of H-pyrrole nitrogens is 1. The lowest BCUT2D eigenvalue weighted by molar-refractivity contribution is 0.0730. The first-order valence-electron chi connectivity index (χ1n) is 9.67. The number of nitrogens with one attached hydrogen (secondary N) is 1. The molecule has 1 N–H and O–H groups in total. The molecule has 7 heteroatoms. The molecule has 1 amide bonds. The lowest BCUT2D eigenvalue weighted by Crippen LogP contribution is -2.29. The van der Waals surface area contributed by atoms with Crippen molar-refractivity contribution >= 4 is 29.1 Å². The second-order valence-electron chi connectivity index (χ2n) is 7.35. The van der Waals surface area contributed by atoms with Crippen LogP contribution in [-0.4, -0.2) is 21.0 Å². The summed E-state index contributed by atoms with van der Waals surface area (Å²) >= 11 is 12.6. The van der Waals surface area contributed by atoms with Crippen molar-refractivity contribution in [2.45, 2.75) is 12.6 Å². The van der Waals surface area contributed by atoms with E-state index in [0.717, 1.165) is 22.3 Å². The number of rotatable bonds is 4. The molecule has 0 saturated carbocycles. The summed E-state index contributed by atoms with van der Waals surface area (Å²) in [6, 6.07) is 20.5. The van der Waals surface area contributed by atoms with Gasteiger partial charge in [-0.3, -0.25) is 9.89 Å². The van der Waals surface area contributed by atoms with Crippen LogP contribution in [0.3, 0.4) is 0 Å². The van der Waals surface area contributed by atoms with Crippen molar-refractivity contribution in [1.29, 1.82) is 0 Å². The molecule has 5 rings (SSSR count). The summed E-state index contributed by atoms with van der Waals surface area (Å²) in [7, 11) is 0. The Hall–Kier alpha value is -3.15. The van der Waals surface area contributed by atoms with Gasteiger partial charge < -0.3 is 4.90 Å². The number of benzene rings is 3. The molecule has 1 atom stereocenters. The van der Waals surface area contributed by atoms with E-state index in [9.17, 15) is 9.18 Å². The molecule has 1 aliphatic rings. The van der Waals surface area contributed by atoms with Crippen LogP contribution in [0.5, 0.6) is 0 Å². The monoisotopic (exact) mass is 451 g/mol. The summed E-state index contributed by atoms with van der Waals surface area (Å²) in [6.45, 7) is 0.303. The number of hydrogen-bond donors (Lipinski definition) is 1. The van der Waals surface area contributed by atoms with Crippen molar-refractivity contribution in [3.8, 4) is 11.3 Å². The lowest BCUT2D eigenvalue weighted by atomic mass is 9.96. The SMILES string of the molecule is O=C1c2[nH]nc(-c3ccc(Cl)cc3)c2C(c2ccccc2Cl)N1Cc1ccc(F)cc1. The summed E-state index contributed by atoms with van der Waals surface area (Å²) < 4.78 is 13.4. The van der Waals surface area contributed by atoms with Crippen molar-refractivity contribution in [3.05, 3.63) is 111 Å². The van der Waals surface area contributed by atoms with E-state index in [4.69, 9.17) is 23.2 Å². The number of halogens is 3. The first-order valence-corrected chi connectivity index (χ1v) is 10.4. The molecule has 0 spiro atoms. The summed E-state index contributed by atoms with van der Waals surface area (Å²) in [5.41, 5.74) is 4.33. The molecule has 31 heavy (non-hydrogen) atoms. The Morgan fingerprint density at radius 2 is 1.68 bits per heavy atom. The van der Waals surface area contributed by atoms with Crippen molar-refractivity contribution in [2.75, 3.05) is 0 Å². The summed E-state index contributed by atoms with van der Waals surface area (Å²) in [5, 5.41) is 8.53. The van der Waals surface area contributed by atoms with E-state index >= 15 is 0 Å². The number of carbonyl (C=O) groups excluding carboxylic acids is 1. The van der Waals surface area contributed by atoms with Crippen LogP contribution in [-0.2, 0) is 6.54 Å². The Bertz CT molecular complexity index is 1270. The lowest BCUT2D eigenvalue weighted by Gasteiger charge is -2.27. The average molecular weight is 452 g/mol. The predicted octanol–water partition coefficient (Wildman–Crippen LogP) is 6.27. The summed E-state index contributed by atoms with van der Waals surface area (Å²) in [6.07, 6.45) is 0. The standard InChI is InChI=1S/C24H16Cl2FN3O/c25-16-9-7-15(8-10-16)21-20-22(29-28-21)24(31)30(13-14-5-11-17(27)12-6-14)23(20)18-3-1-2-4-19(18)26/h1-12,23H,13H2,(H,28,29). The van der Waals surface area contributed by atoms with Gasteiger partial charge in [0.05, 0.1) is 11.7 Å². The van der Waals surface area contributed by atoms with Gasteiger partial charge in [0.1, 0.15) is 11.5 Å². The highest BCUT2D eigenvalue weighted by atomic mass is 35.5. The zero-order valence-electron chi connectivity index (χ0n) is 16.1. The van der Waals surface area contributed by atoms with E-state index in [1.54, 1.807) is 35.2 Å². The van der Waals surface area contributed by atoms with Gasteiger partial charge in [-0.05, 0) is 41.5 Å². The Morgan fingerprint density at radius 3 is 2.39 bits per heavy atom. The van der Waals surface area contributed by atoms with Gasteiger partial charge in [0.25, 0.3) is 5.91 Å². The summed E-state index contributed by atoms with van der Waals surface area (Å²) in [5.74, 6) is -0.504. The fraction of sp³-hybridized carbons (Fsp3) is 0.0833. The van der Waals surface area contributed by atoms with Crippen LogP contribution >= 0.6 is 23.2 Å². The maximum absolute atomic E-state index is 13.4. The van der Waals surface area contributed by atoms with E-state index in [1.807, 2.05) is 30.3 Å². The highest BCUT2D eigenvalue weighted by Gasteiger charge is 2.42. The number of aromatic nitrogens is 2. The van der Waals surface area contributed by atoms with Crippen LogP contribution in [0.4, 0.5) is 4.39 Å². The molecule has 3 aromatic carbocycles. The molecule has 0 radical (unpaired) electrons. The minimum atomic E-state index is -0.439. The van der Waals surface area contributed by atoms with Crippen molar-refractivity contribution < 1.29 is 9.18 Å². The summed E-state index contributed by atoms with van der Waals surface area (Å²) in [4.78, 5) is 15.1. The molecule has 0 fully saturated rings. The molecule has 1 aromatic heterocycles. The highest BCUT2D eigenvalue weighted by Crippen LogP contribution is 2.45. The van der Waals surface area contributed by atoms with Crippen LogP contribution < -0.4 is 0 Å². The number of carbonyl (C=O) groups is 1. The zero-order chi connectivity index (χ0) is 21.5. The van der Waals surface area contributed by atoms with E-state index < -0.39 is 6.04 Å². The van der Waals surface area contributed by atoms with Crippen LogP contribution in [0.1, 0.15) is 33.2 Å². The van der Waals surface area contributed by atoms with Crippen molar-refractivity contribution in [2.24, 2.45) is 0 Å². The maximum Gasteiger partial charge on any atom is 0.273 e. The van der Waals surface area contributed by atoms with Crippen LogP contribution in [0.2, 0.25) is 10.0 Å². The Kier molecular flexibility index (Phi) is 5.00. The number of nitrogens with zero attached hydrogens (tertiary/aromatic N) is 2. The van der Waals surface area contributed by atoms with Crippen LogP contribution in [0, 0.1) is 5.82 Å². The first kappa shape index (κ1) is 19.8. The molecule has 0 bridgehead atoms. The minimum absolute atomic E-state index is 0.183. The van der Waals surface area contributed by atoms with E-state index in [0.29, 0.717) is 28.0 Å². The second kappa shape index (κ2) is 7.84. The normalized spacial score (nSPS) is 15.4. The third-order valence-electron chi connectivity index (χ3n) is 5.45. The minimum Gasteiger partial charge on any atom is -0.322 e. The zero-order valence-corrected chi connectivity index (χ0v) is 17.7. The fourth-order valence-electron chi connectivity index (χ4n) is 3.99. The van der Waals surface area contributed by atoms with Crippen LogP contribution in [0.15, 0.2) is 72.8 Å². The maximum atomic E-state index is 13.4. The Labute approximate surface area is 188 Å².